The van der Waals surface area contributed by atoms with Crippen LogP contribution in [0.25, 0.3) is 0 Å². The van der Waals surface area contributed by atoms with Crippen molar-refractivity contribution in [2.45, 2.75) is 26.4 Å². The van der Waals surface area contributed by atoms with Gasteiger partial charge in [0.1, 0.15) is 0 Å². The van der Waals surface area contributed by atoms with Gasteiger partial charge in [-0.1, -0.05) is 36.4 Å². The van der Waals surface area contributed by atoms with Crippen molar-refractivity contribution in [3.05, 3.63) is 59.7 Å². The fourth-order valence-corrected chi connectivity index (χ4v) is 2.60. The number of rotatable bonds is 5. The molecule has 0 aliphatic carbocycles. The summed E-state index contributed by atoms with van der Waals surface area (Å²) in [5.41, 5.74) is 2.32. The first-order chi connectivity index (χ1) is 12.3. The molecule has 0 saturated heterocycles. The van der Waals surface area contributed by atoms with E-state index < -0.39 is 0 Å². The Balaban J connectivity index is 1.63. The number of benzene rings is 2. The van der Waals surface area contributed by atoms with Gasteiger partial charge in [-0.2, -0.15) is 0 Å². The summed E-state index contributed by atoms with van der Waals surface area (Å²) in [5.74, 6) is 2.44. The molecule has 5 heteroatoms. The lowest BCUT2D eigenvalue weighted by Gasteiger charge is -2.12. The van der Waals surface area contributed by atoms with Crippen molar-refractivity contribution in [2.24, 2.45) is 4.99 Å². The zero-order valence-corrected chi connectivity index (χ0v) is 14.6. The molecule has 0 radical (unpaired) electrons. The molecule has 2 aromatic rings. The van der Waals surface area contributed by atoms with Crippen molar-refractivity contribution in [1.29, 1.82) is 0 Å². The predicted octanol–water partition coefficient (Wildman–Crippen LogP) is 3.10. The molecule has 0 bridgehead atoms. The number of hydrogen-bond donors (Lipinski definition) is 2. The number of hydrogen-bond acceptors (Lipinski definition) is 3. The Bertz CT molecular complexity index is 701. The maximum Gasteiger partial charge on any atom is 0.191 e. The number of ether oxygens (including phenoxy) is 2. The first kappa shape index (κ1) is 17.1. The first-order valence-electron chi connectivity index (χ1n) is 8.80. The summed E-state index contributed by atoms with van der Waals surface area (Å²) in [6, 6.07) is 16.3. The van der Waals surface area contributed by atoms with Gasteiger partial charge in [0, 0.05) is 19.5 Å². The minimum Gasteiger partial charge on any atom is -0.490 e. The minimum absolute atomic E-state index is 0.584. The van der Waals surface area contributed by atoms with Crippen LogP contribution in [0.2, 0.25) is 0 Å². The van der Waals surface area contributed by atoms with E-state index in [4.69, 9.17) is 9.47 Å². The number of fused-ring (bicyclic) bond motifs is 1. The van der Waals surface area contributed by atoms with E-state index in [2.05, 4.69) is 34.7 Å². The summed E-state index contributed by atoms with van der Waals surface area (Å²) in [6.45, 7) is 5.61. The average Bonchev–Trinajstić information content (AvgIpc) is 2.90. The van der Waals surface area contributed by atoms with E-state index in [1.165, 1.54) is 5.56 Å². The van der Waals surface area contributed by atoms with Gasteiger partial charge in [-0.15, -0.1) is 0 Å². The predicted molar refractivity (Wildman–Crippen MR) is 100 cm³/mol. The summed E-state index contributed by atoms with van der Waals surface area (Å²) < 4.78 is 11.4. The summed E-state index contributed by atoms with van der Waals surface area (Å²) in [6.07, 6.45) is 0.913. The van der Waals surface area contributed by atoms with E-state index in [1.54, 1.807) is 0 Å². The van der Waals surface area contributed by atoms with Crippen molar-refractivity contribution >= 4 is 5.96 Å². The molecule has 132 valence electrons. The number of guanidine groups is 1. The lowest BCUT2D eigenvalue weighted by Crippen LogP contribution is -2.36. The minimum atomic E-state index is 0.584. The van der Waals surface area contributed by atoms with Crippen molar-refractivity contribution in [1.82, 2.24) is 10.6 Å². The Labute approximate surface area is 149 Å². The lowest BCUT2D eigenvalue weighted by atomic mass is 10.2. The molecule has 25 heavy (non-hydrogen) atoms. The van der Waals surface area contributed by atoms with Crippen molar-refractivity contribution < 1.29 is 9.47 Å². The average molecular weight is 339 g/mol. The zero-order chi connectivity index (χ0) is 17.3. The second kappa shape index (κ2) is 8.97. The molecule has 0 aromatic heterocycles. The van der Waals surface area contributed by atoms with Crippen molar-refractivity contribution in [3.63, 3.8) is 0 Å². The normalized spacial score (nSPS) is 13.9. The van der Waals surface area contributed by atoms with Crippen LogP contribution in [0.1, 0.15) is 24.5 Å². The van der Waals surface area contributed by atoms with E-state index in [1.807, 2.05) is 36.4 Å². The molecule has 5 nitrogen and oxygen atoms in total. The molecule has 2 aromatic carbocycles. The van der Waals surface area contributed by atoms with E-state index in [0.717, 1.165) is 42.5 Å². The fraction of sp³-hybridized carbons (Fsp3) is 0.350. The van der Waals surface area contributed by atoms with Gasteiger partial charge in [0.15, 0.2) is 17.5 Å². The summed E-state index contributed by atoms with van der Waals surface area (Å²) in [5, 5.41) is 6.64. The molecule has 0 amide bonds. The largest absolute Gasteiger partial charge is 0.490 e. The van der Waals surface area contributed by atoms with E-state index in [0.29, 0.717) is 19.8 Å². The quantitative estimate of drug-likeness (QED) is 0.649. The SMILES string of the molecule is CCNC(=NCc1ccc2c(c1)OCCCO2)NCc1ccccc1. The summed E-state index contributed by atoms with van der Waals surface area (Å²) in [4.78, 5) is 4.67. The van der Waals surface area contributed by atoms with Crippen LogP contribution in [0.15, 0.2) is 53.5 Å². The molecule has 0 fully saturated rings. The molecule has 0 unspecified atom stereocenters. The Hall–Kier alpha value is -2.69. The van der Waals surface area contributed by atoms with E-state index >= 15 is 0 Å². The Morgan fingerprint density at radius 3 is 2.56 bits per heavy atom. The van der Waals surface area contributed by atoms with Gasteiger partial charge in [-0.05, 0) is 30.2 Å². The van der Waals surface area contributed by atoms with E-state index in [9.17, 15) is 0 Å². The molecule has 0 saturated carbocycles. The van der Waals surface area contributed by atoms with Crippen molar-refractivity contribution in [3.8, 4) is 11.5 Å². The van der Waals surface area contributed by atoms with Crippen LogP contribution < -0.4 is 20.1 Å². The molecular weight excluding hydrogens is 314 g/mol. The Morgan fingerprint density at radius 2 is 1.76 bits per heavy atom. The highest BCUT2D eigenvalue weighted by Gasteiger charge is 2.10. The lowest BCUT2D eigenvalue weighted by molar-refractivity contribution is 0.297. The monoisotopic (exact) mass is 339 g/mol. The van der Waals surface area contributed by atoms with Crippen LogP contribution >= 0.6 is 0 Å². The van der Waals surface area contributed by atoms with Crippen LogP contribution in [0.5, 0.6) is 11.5 Å². The third-order valence-corrected chi connectivity index (χ3v) is 3.88. The summed E-state index contributed by atoms with van der Waals surface area (Å²) >= 11 is 0. The molecule has 3 rings (SSSR count). The summed E-state index contributed by atoms with van der Waals surface area (Å²) in [7, 11) is 0. The standard InChI is InChI=1S/C20H25N3O2/c1-2-21-20(22-14-16-7-4-3-5-8-16)23-15-17-9-10-18-19(13-17)25-12-6-11-24-18/h3-5,7-10,13H,2,6,11-12,14-15H2,1H3,(H2,21,22,23). The van der Waals surface area contributed by atoms with Crippen LogP contribution in [-0.2, 0) is 13.1 Å². The number of nitrogens with zero attached hydrogens (tertiary/aromatic N) is 1. The van der Waals surface area contributed by atoms with Gasteiger partial charge in [0.2, 0.25) is 0 Å². The molecule has 1 aliphatic heterocycles. The zero-order valence-electron chi connectivity index (χ0n) is 14.6. The fourth-order valence-electron chi connectivity index (χ4n) is 2.60. The van der Waals surface area contributed by atoms with Gasteiger partial charge in [0.25, 0.3) is 0 Å². The molecular formula is C20H25N3O2. The van der Waals surface area contributed by atoms with Gasteiger partial charge >= 0.3 is 0 Å². The van der Waals surface area contributed by atoms with Crippen LogP contribution in [0.3, 0.4) is 0 Å². The molecule has 1 aliphatic rings. The Kier molecular flexibility index (Phi) is 6.15. The van der Waals surface area contributed by atoms with Gasteiger partial charge in [-0.25, -0.2) is 4.99 Å². The molecule has 0 atom stereocenters. The molecule has 1 heterocycles. The van der Waals surface area contributed by atoms with Gasteiger partial charge in [-0.3, -0.25) is 0 Å². The second-order valence-electron chi connectivity index (χ2n) is 5.87. The van der Waals surface area contributed by atoms with Gasteiger partial charge in [0.05, 0.1) is 19.8 Å². The second-order valence-corrected chi connectivity index (χ2v) is 5.87. The maximum absolute atomic E-state index is 5.74. The van der Waals surface area contributed by atoms with Crippen LogP contribution in [0.4, 0.5) is 0 Å². The maximum atomic E-state index is 5.74. The number of aliphatic imine (C=N–C) groups is 1. The third-order valence-electron chi connectivity index (χ3n) is 3.88. The van der Waals surface area contributed by atoms with Crippen LogP contribution in [0, 0.1) is 0 Å². The highest BCUT2D eigenvalue weighted by molar-refractivity contribution is 5.79. The van der Waals surface area contributed by atoms with Gasteiger partial charge < -0.3 is 20.1 Å². The van der Waals surface area contributed by atoms with Crippen LogP contribution in [-0.4, -0.2) is 25.7 Å². The smallest absolute Gasteiger partial charge is 0.191 e. The molecule has 2 N–H and O–H groups in total. The highest BCUT2D eigenvalue weighted by atomic mass is 16.5. The first-order valence-corrected chi connectivity index (χ1v) is 8.80. The topological polar surface area (TPSA) is 54.9 Å². The van der Waals surface area contributed by atoms with Crippen molar-refractivity contribution in [2.75, 3.05) is 19.8 Å². The highest BCUT2D eigenvalue weighted by Crippen LogP contribution is 2.30. The third kappa shape index (κ3) is 5.14. The van der Waals surface area contributed by atoms with E-state index in [-0.39, 0.29) is 0 Å². The Morgan fingerprint density at radius 1 is 0.960 bits per heavy atom. The number of nitrogens with one attached hydrogen (secondary N) is 2. The molecule has 0 spiro atoms.